The Kier molecular flexibility index (Phi) is 5.78. The molecule has 3 rings (SSSR count). The van der Waals surface area contributed by atoms with E-state index in [0.717, 1.165) is 11.3 Å². The first-order valence-corrected chi connectivity index (χ1v) is 8.56. The SMILES string of the molecule is CCOc1ccc(C(=O)Nc2ccc(-c3ccc(CO)o3)c(OC)c2)cc1. The molecule has 0 radical (unpaired) electrons. The van der Waals surface area contributed by atoms with Crippen molar-refractivity contribution in [3.8, 4) is 22.8 Å². The number of aliphatic hydroxyl groups is 1. The van der Waals surface area contributed by atoms with E-state index < -0.39 is 0 Å². The standard InChI is InChI=1S/C21H21NO5/c1-3-26-16-7-4-14(5-8-16)21(24)22-15-6-10-18(20(12-15)25-2)19-11-9-17(13-23)27-19/h4-12,23H,3,13H2,1-2H3,(H,22,24). The highest BCUT2D eigenvalue weighted by molar-refractivity contribution is 6.04. The number of anilines is 1. The Morgan fingerprint density at radius 2 is 1.89 bits per heavy atom. The Morgan fingerprint density at radius 3 is 2.52 bits per heavy atom. The Hall–Kier alpha value is -3.25. The van der Waals surface area contributed by atoms with E-state index in [1.54, 1.807) is 61.7 Å². The molecule has 0 fully saturated rings. The molecule has 3 aromatic rings. The lowest BCUT2D eigenvalue weighted by atomic mass is 10.1. The lowest BCUT2D eigenvalue weighted by molar-refractivity contribution is 0.102. The van der Waals surface area contributed by atoms with Gasteiger partial charge in [-0.25, -0.2) is 0 Å². The molecule has 6 heteroatoms. The summed E-state index contributed by atoms with van der Waals surface area (Å²) >= 11 is 0. The molecular weight excluding hydrogens is 346 g/mol. The summed E-state index contributed by atoms with van der Waals surface area (Å²) in [5.41, 5.74) is 1.86. The summed E-state index contributed by atoms with van der Waals surface area (Å²) in [7, 11) is 1.55. The van der Waals surface area contributed by atoms with Crippen molar-refractivity contribution in [1.29, 1.82) is 0 Å². The van der Waals surface area contributed by atoms with E-state index in [1.807, 2.05) is 6.92 Å². The van der Waals surface area contributed by atoms with Gasteiger partial charge in [-0.3, -0.25) is 4.79 Å². The van der Waals surface area contributed by atoms with Gasteiger partial charge in [-0.2, -0.15) is 0 Å². The van der Waals surface area contributed by atoms with Crippen LogP contribution in [0, 0.1) is 0 Å². The fourth-order valence-corrected chi connectivity index (χ4v) is 2.65. The van der Waals surface area contributed by atoms with Gasteiger partial charge in [0.25, 0.3) is 5.91 Å². The molecule has 2 aromatic carbocycles. The number of furan rings is 1. The lowest BCUT2D eigenvalue weighted by Gasteiger charge is -2.11. The third kappa shape index (κ3) is 4.30. The van der Waals surface area contributed by atoms with Gasteiger partial charge < -0.3 is 24.3 Å². The summed E-state index contributed by atoms with van der Waals surface area (Å²) in [6.45, 7) is 2.32. The number of hydrogen-bond donors (Lipinski definition) is 2. The van der Waals surface area contributed by atoms with E-state index in [-0.39, 0.29) is 12.5 Å². The minimum atomic E-state index is -0.228. The predicted molar refractivity (Wildman–Crippen MR) is 102 cm³/mol. The van der Waals surface area contributed by atoms with Crippen LogP contribution < -0.4 is 14.8 Å². The number of amides is 1. The molecule has 140 valence electrons. The lowest BCUT2D eigenvalue weighted by Crippen LogP contribution is -2.11. The molecule has 1 aromatic heterocycles. The van der Waals surface area contributed by atoms with Crippen LogP contribution in [0.15, 0.2) is 59.0 Å². The van der Waals surface area contributed by atoms with Gasteiger partial charge in [0.05, 0.1) is 19.3 Å². The zero-order chi connectivity index (χ0) is 19.2. The summed E-state index contributed by atoms with van der Waals surface area (Å²) < 4.78 is 16.4. The van der Waals surface area contributed by atoms with E-state index in [2.05, 4.69) is 5.32 Å². The van der Waals surface area contributed by atoms with Gasteiger partial charge in [0.2, 0.25) is 0 Å². The Balaban J connectivity index is 1.77. The topological polar surface area (TPSA) is 80.9 Å². The number of benzene rings is 2. The molecular formula is C21H21NO5. The van der Waals surface area contributed by atoms with Gasteiger partial charge in [0.15, 0.2) is 0 Å². The second kappa shape index (κ2) is 8.42. The number of carbonyl (C=O) groups excluding carboxylic acids is 1. The molecule has 2 N–H and O–H groups in total. The fraction of sp³-hybridized carbons (Fsp3) is 0.190. The summed E-state index contributed by atoms with van der Waals surface area (Å²) in [5.74, 6) is 2.10. The molecule has 0 unspecified atom stereocenters. The molecule has 27 heavy (non-hydrogen) atoms. The molecule has 1 heterocycles. The Morgan fingerprint density at radius 1 is 1.11 bits per heavy atom. The van der Waals surface area contributed by atoms with Crippen molar-refractivity contribution in [1.82, 2.24) is 0 Å². The number of aliphatic hydroxyl groups excluding tert-OH is 1. The smallest absolute Gasteiger partial charge is 0.255 e. The molecule has 1 amide bonds. The molecule has 0 aliphatic rings. The first kappa shape index (κ1) is 18.5. The van der Waals surface area contributed by atoms with Crippen LogP contribution in [0.3, 0.4) is 0 Å². The highest BCUT2D eigenvalue weighted by Crippen LogP contribution is 2.33. The van der Waals surface area contributed by atoms with Crippen LogP contribution >= 0.6 is 0 Å². The summed E-state index contributed by atoms with van der Waals surface area (Å²) in [6.07, 6.45) is 0. The van der Waals surface area contributed by atoms with E-state index in [0.29, 0.717) is 35.1 Å². The minimum absolute atomic E-state index is 0.168. The Bertz CT molecular complexity index is 915. The Labute approximate surface area is 157 Å². The highest BCUT2D eigenvalue weighted by Gasteiger charge is 2.13. The van der Waals surface area contributed by atoms with Gasteiger partial charge in [0, 0.05) is 17.3 Å². The molecule has 0 bridgehead atoms. The first-order valence-electron chi connectivity index (χ1n) is 8.56. The monoisotopic (exact) mass is 367 g/mol. The van der Waals surface area contributed by atoms with Gasteiger partial charge in [-0.15, -0.1) is 0 Å². The van der Waals surface area contributed by atoms with Gasteiger partial charge in [0.1, 0.15) is 29.6 Å². The molecule has 0 spiro atoms. The zero-order valence-electron chi connectivity index (χ0n) is 15.2. The van der Waals surface area contributed by atoms with Crippen molar-refractivity contribution in [2.75, 3.05) is 19.0 Å². The normalized spacial score (nSPS) is 10.5. The van der Waals surface area contributed by atoms with E-state index >= 15 is 0 Å². The van der Waals surface area contributed by atoms with Crippen molar-refractivity contribution >= 4 is 11.6 Å². The number of hydrogen-bond acceptors (Lipinski definition) is 5. The molecule has 0 aliphatic carbocycles. The second-order valence-electron chi connectivity index (χ2n) is 5.75. The van der Waals surface area contributed by atoms with E-state index in [1.165, 1.54) is 0 Å². The minimum Gasteiger partial charge on any atom is -0.496 e. The van der Waals surface area contributed by atoms with Crippen molar-refractivity contribution < 1.29 is 23.8 Å². The highest BCUT2D eigenvalue weighted by atomic mass is 16.5. The third-order valence-electron chi connectivity index (χ3n) is 3.97. The van der Waals surface area contributed by atoms with Crippen LogP contribution in [0.2, 0.25) is 0 Å². The number of methoxy groups -OCH3 is 1. The average Bonchev–Trinajstić information content (AvgIpc) is 3.17. The molecule has 0 atom stereocenters. The van der Waals surface area contributed by atoms with Crippen LogP contribution in [-0.2, 0) is 6.61 Å². The number of nitrogens with one attached hydrogen (secondary N) is 1. The van der Waals surface area contributed by atoms with Gasteiger partial charge in [-0.1, -0.05) is 0 Å². The second-order valence-corrected chi connectivity index (χ2v) is 5.75. The van der Waals surface area contributed by atoms with Crippen LogP contribution in [0.1, 0.15) is 23.0 Å². The number of ether oxygens (including phenoxy) is 2. The largest absolute Gasteiger partial charge is 0.496 e. The quantitative estimate of drug-likeness (QED) is 0.657. The average molecular weight is 367 g/mol. The first-order chi connectivity index (χ1) is 13.1. The molecule has 0 saturated carbocycles. The fourth-order valence-electron chi connectivity index (χ4n) is 2.65. The molecule has 0 aliphatic heterocycles. The summed E-state index contributed by atoms with van der Waals surface area (Å²) in [4.78, 5) is 12.4. The number of carbonyl (C=O) groups is 1. The van der Waals surface area contributed by atoms with E-state index in [9.17, 15) is 4.79 Å². The van der Waals surface area contributed by atoms with Crippen LogP contribution in [0.4, 0.5) is 5.69 Å². The third-order valence-corrected chi connectivity index (χ3v) is 3.97. The van der Waals surface area contributed by atoms with Crippen LogP contribution in [0.5, 0.6) is 11.5 Å². The summed E-state index contributed by atoms with van der Waals surface area (Å²) in [5, 5.41) is 12.0. The van der Waals surface area contributed by atoms with E-state index in [4.69, 9.17) is 19.0 Å². The van der Waals surface area contributed by atoms with Crippen molar-refractivity contribution in [2.24, 2.45) is 0 Å². The van der Waals surface area contributed by atoms with Crippen molar-refractivity contribution in [2.45, 2.75) is 13.5 Å². The maximum absolute atomic E-state index is 12.4. The van der Waals surface area contributed by atoms with Crippen LogP contribution in [-0.4, -0.2) is 24.7 Å². The maximum atomic E-state index is 12.4. The molecule has 6 nitrogen and oxygen atoms in total. The van der Waals surface area contributed by atoms with Gasteiger partial charge >= 0.3 is 0 Å². The van der Waals surface area contributed by atoms with Crippen LogP contribution in [0.25, 0.3) is 11.3 Å². The van der Waals surface area contributed by atoms with Crippen molar-refractivity contribution in [3.63, 3.8) is 0 Å². The number of rotatable bonds is 7. The maximum Gasteiger partial charge on any atom is 0.255 e. The zero-order valence-corrected chi connectivity index (χ0v) is 15.2. The summed E-state index contributed by atoms with van der Waals surface area (Å²) in [6, 6.07) is 15.7. The van der Waals surface area contributed by atoms with Crippen molar-refractivity contribution in [3.05, 3.63) is 65.9 Å². The van der Waals surface area contributed by atoms with Gasteiger partial charge in [-0.05, 0) is 55.5 Å². The predicted octanol–water partition coefficient (Wildman–Crippen LogP) is 4.10. The molecule has 0 saturated heterocycles.